The molecule has 4 heteroatoms. The molecule has 0 aliphatic heterocycles. The Hall–Kier alpha value is -3.01. The van der Waals surface area contributed by atoms with E-state index in [-0.39, 0.29) is 0 Å². The highest BCUT2D eigenvalue weighted by molar-refractivity contribution is 6.18. The van der Waals surface area contributed by atoms with Crippen LogP contribution in [0.25, 0.3) is 38.8 Å². The minimum atomic E-state index is 0.565. The lowest BCUT2D eigenvalue weighted by Gasteiger charge is -2.06. The molecule has 0 radical (unpaired) electrons. The second-order valence-corrected chi connectivity index (χ2v) is 5.42. The summed E-state index contributed by atoms with van der Waals surface area (Å²) in [4.78, 5) is 0. The predicted molar refractivity (Wildman–Crippen MR) is 85.4 cm³/mol. The third kappa shape index (κ3) is 1.39. The summed E-state index contributed by atoms with van der Waals surface area (Å²) in [5.74, 6) is 0.565. The normalized spacial score (nSPS) is 11.9. The maximum absolute atomic E-state index is 6.05. The molecule has 0 unspecified atom stereocenters. The number of nitrogens with zero attached hydrogens (tertiary/aromatic N) is 2. The minimum absolute atomic E-state index is 0.565. The number of benzene rings is 2. The first-order chi connectivity index (χ1) is 10.8. The quantitative estimate of drug-likeness (QED) is 0.444. The highest BCUT2D eigenvalue weighted by atomic mass is 16.5. The van der Waals surface area contributed by atoms with E-state index in [0.29, 0.717) is 5.78 Å². The second kappa shape index (κ2) is 4.01. The molecule has 0 atom stereocenters. The van der Waals surface area contributed by atoms with Gasteiger partial charge in [0.1, 0.15) is 11.3 Å². The van der Waals surface area contributed by atoms with Crippen LogP contribution in [0.2, 0.25) is 0 Å². The van der Waals surface area contributed by atoms with Crippen LogP contribution in [0.15, 0.2) is 63.7 Å². The Morgan fingerprint density at radius 2 is 1.86 bits per heavy atom. The molecule has 5 aromatic rings. The maximum atomic E-state index is 6.05. The molecular formula is C18H12N2O2. The van der Waals surface area contributed by atoms with Crippen molar-refractivity contribution in [3.63, 3.8) is 0 Å². The lowest BCUT2D eigenvalue weighted by atomic mass is 10.1. The lowest BCUT2D eigenvalue weighted by molar-refractivity contribution is 0.523. The fourth-order valence-corrected chi connectivity index (χ4v) is 3.10. The van der Waals surface area contributed by atoms with Gasteiger partial charge < -0.3 is 8.83 Å². The standard InChI is InChI=1S/C18H12N2O2/c1-11-7-8-13-15-12-5-2-3-6-14(12)21-18(15)22-17(13)16(11)20-10-4-9-19-20/h2-10H,1H3. The van der Waals surface area contributed by atoms with Gasteiger partial charge in [-0.3, -0.25) is 0 Å². The third-order valence-electron chi connectivity index (χ3n) is 4.09. The van der Waals surface area contributed by atoms with Crippen LogP contribution >= 0.6 is 0 Å². The van der Waals surface area contributed by atoms with E-state index in [1.807, 2.05) is 35.1 Å². The summed E-state index contributed by atoms with van der Waals surface area (Å²) in [6.45, 7) is 2.05. The minimum Gasteiger partial charge on any atom is -0.425 e. The summed E-state index contributed by atoms with van der Waals surface area (Å²) in [7, 11) is 0. The van der Waals surface area contributed by atoms with Gasteiger partial charge in [0.15, 0.2) is 5.58 Å². The number of hydrogen-bond donors (Lipinski definition) is 0. The second-order valence-electron chi connectivity index (χ2n) is 5.42. The Balaban J connectivity index is 1.99. The van der Waals surface area contributed by atoms with Crippen molar-refractivity contribution < 1.29 is 8.83 Å². The van der Waals surface area contributed by atoms with E-state index in [9.17, 15) is 0 Å². The first-order valence-electron chi connectivity index (χ1n) is 7.16. The van der Waals surface area contributed by atoms with Crippen molar-refractivity contribution in [1.82, 2.24) is 9.78 Å². The van der Waals surface area contributed by atoms with Gasteiger partial charge >= 0.3 is 0 Å². The summed E-state index contributed by atoms with van der Waals surface area (Å²) >= 11 is 0. The van der Waals surface area contributed by atoms with E-state index in [1.165, 1.54) is 0 Å². The molecule has 0 aliphatic rings. The summed E-state index contributed by atoms with van der Waals surface area (Å²) in [5.41, 5.74) is 3.72. The number of para-hydroxylation sites is 1. The van der Waals surface area contributed by atoms with Gasteiger partial charge in [-0.05, 0) is 30.7 Å². The number of fused-ring (bicyclic) bond motifs is 5. The molecule has 0 amide bonds. The first-order valence-corrected chi connectivity index (χ1v) is 7.16. The Morgan fingerprint density at radius 1 is 0.955 bits per heavy atom. The molecule has 5 rings (SSSR count). The van der Waals surface area contributed by atoms with Crippen molar-refractivity contribution in [3.8, 4) is 5.69 Å². The molecule has 4 nitrogen and oxygen atoms in total. The number of aromatic nitrogens is 2. The molecule has 0 bridgehead atoms. The van der Waals surface area contributed by atoms with Gasteiger partial charge in [0.05, 0.1) is 5.39 Å². The van der Waals surface area contributed by atoms with Crippen LogP contribution < -0.4 is 0 Å². The molecule has 0 saturated carbocycles. The van der Waals surface area contributed by atoms with Crippen molar-refractivity contribution in [1.29, 1.82) is 0 Å². The molecule has 3 aromatic heterocycles. The third-order valence-corrected chi connectivity index (χ3v) is 4.09. The highest BCUT2D eigenvalue weighted by Crippen LogP contribution is 2.39. The van der Waals surface area contributed by atoms with Crippen LogP contribution in [0, 0.1) is 6.92 Å². The fourth-order valence-electron chi connectivity index (χ4n) is 3.10. The van der Waals surface area contributed by atoms with E-state index < -0.39 is 0 Å². The van der Waals surface area contributed by atoms with Gasteiger partial charge in [-0.2, -0.15) is 5.10 Å². The average Bonchev–Trinajstić information content (AvgIpc) is 3.21. The summed E-state index contributed by atoms with van der Waals surface area (Å²) < 4.78 is 13.7. The maximum Gasteiger partial charge on any atom is 0.299 e. The average molecular weight is 288 g/mol. The molecular weight excluding hydrogens is 276 g/mol. The Morgan fingerprint density at radius 3 is 2.73 bits per heavy atom. The highest BCUT2D eigenvalue weighted by Gasteiger charge is 2.19. The zero-order valence-corrected chi connectivity index (χ0v) is 11.9. The van der Waals surface area contributed by atoms with Crippen LogP contribution in [0.5, 0.6) is 0 Å². The topological polar surface area (TPSA) is 44.1 Å². The zero-order chi connectivity index (χ0) is 14.7. The van der Waals surface area contributed by atoms with E-state index in [4.69, 9.17) is 8.83 Å². The molecule has 0 aliphatic carbocycles. The van der Waals surface area contributed by atoms with Crippen molar-refractivity contribution in [2.24, 2.45) is 0 Å². The SMILES string of the molecule is Cc1ccc2c(oc3oc4ccccc4c32)c1-n1cccn1. The molecule has 2 aromatic carbocycles. The van der Waals surface area contributed by atoms with Gasteiger partial charge in [0, 0.05) is 23.2 Å². The molecule has 0 fully saturated rings. The van der Waals surface area contributed by atoms with Gasteiger partial charge in [-0.25, -0.2) is 4.68 Å². The van der Waals surface area contributed by atoms with E-state index in [2.05, 4.69) is 30.2 Å². The van der Waals surface area contributed by atoms with Crippen LogP contribution in [0.3, 0.4) is 0 Å². The summed E-state index contributed by atoms with van der Waals surface area (Å²) in [5, 5.41) is 7.49. The number of aryl methyl sites for hydroxylation is 1. The van der Waals surface area contributed by atoms with Crippen LogP contribution in [0.1, 0.15) is 5.56 Å². The van der Waals surface area contributed by atoms with Gasteiger partial charge in [-0.15, -0.1) is 0 Å². The fraction of sp³-hybridized carbons (Fsp3) is 0.0556. The predicted octanol–water partition coefficient (Wildman–Crippen LogP) is 4.83. The van der Waals surface area contributed by atoms with Crippen molar-refractivity contribution >= 4 is 33.1 Å². The molecule has 0 saturated heterocycles. The van der Waals surface area contributed by atoms with Gasteiger partial charge in [-0.1, -0.05) is 24.3 Å². The molecule has 0 N–H and O–H groups in total. The van der Waals surface area contributed by atoms with Crippen molar-refractivity contribution in [3.05, 3.63) is 60.4 Å². The van der Waals surface area contributed by atoms with E-state index >= 15 is 0 Å². The van der Waals surface area contributed by atoms with E-state index in [0.717, 1.165) is 38.6 Å². The summed E-state index contributed by atoms with van der Waals surface area (Å²) in [6, 6.07) is 14.1. The van der Waals surface area contributed by atoms with Crippen molar-refractivity contribution in [2.45, 2.75) is 6.92 Å². The Kier molecular flexibility index (Phi) is 2.12. The monoisotopic (exact) mass is 288 g/mol. The van der Waals surface area contributed by atoms with Crippen molar-refractivity contribution in [2.75, 3.05) is 0 Å². The first kappa shape index (κ1) is 11.6. The largest absolute Gasteiger partial charge is 0.425 e. The Labute approximate surface area is 125 Å². The molecule has 106 valence electrons. The Bertz CT molecular complexity index is 1130. The molecule has 0 spiro atoms. The molecule has 22 heavy (non-hydrogen) atoms. The lowest BCUT2D eigenvalue weighted by Crippen LogP contribution is -1.97. The van der Waals surface area contributed by atoms with Crippen LogP contribution in [0.4, 0.5) is 0 Å². The van der Waals surface area contributed by atoms with Gasteiger partial charge in [0.25, 0.3) is 5.78 Å². The van der Waals surface area contributed by atoms with Crippen LogP contribution in [-0.4, -0.2) is 9.78 Å². The summed E-state index contributed by atoms with van der Waals surface area (Å²) in [6.07, 6.45) is 3.69. The smallest absolute Gasteiger partial charge is 0.299 e. The zero-order valence-electron chi connectivity index (χ0n) is 11.9. The molecule has 3 heterocycles. The van der Waals surface area contributed by atoms with Crippen LogP contribution in [-0.2, 0) is 0 Å². The number of hydrogen-bond acceptors (Lipinski definition) is 3. The number of furan rings is 2. The van der Waals surface area contributed by atoms with Gasteiger partial charge in [0.2, 0.25) is 0 Å². The number of rotatable bonds is 1. The van der Waals surface area contributed by atoms with E-state index in [1.54, 1.807) is 6.20 Å².